The zero-order valence-electron chi connectivity index (χ0n) is 13.6. The molecule has 1 aromatic carbocycles. The van der Waals surface area contributed by atoms with Crippen LogP contribution >= 0.6 is 0 Å². The molecule has 124 valence electrons. The third-order valence-electron chi connectivity index (χ3n) is 3.73. The molecule has 1 amide bonds. The molecule has 1 aliphatic rings. The number of ether oxygens (including phenoxy) is 1. The van der Waals surface area contributed by atoms with E-state index in [0.29, 0.717) is 13.1 Å². The summed E-state index contributed by atoms with van der Waals surface area (Å²) in [4.78, 5) is 30.5. The lowest BCUT2D eigenvalue weighted by Gasteiger charge is -2.24. The van der Waals surface area contributed by atoms with E-state index in [-0.39, 0.29) is 17.8 Å². The molecule has 0 spiro atoms. The predicted molar refractivity (Wildman–Crippen MR) is 88.8 cm³/mol. The van der Waals surface area contributed by atoms with Crippen LogP contribution < -0.4 is 11.0 Å². The number of amides is 1. The fraction of sp³-hybridized carbons (Fsp3) is 0.500. The van der Waals surface area contributed by atoms with Gasteiger partial charge < -0.3 is 24.9 Å². The van der Waals surface area contributed by atoms with E-state index in [9.17, 15) is 9.59 Å². The van der Waals surface area contributed by atoms with Crippen molar-refractivity contribution in [3.63, 3.8) is 0 Å². The van der Waals surface area contributed by atoms with Gasteiger partial charge in [-0.05, 0) is 45.4 Å². The van der Waals surface area contributed by atoms with Gasteiger partial charge in [0, 0.05) is 24.8 Å². The van der Waals surface area contributed by atoms with Gasteiger partial charge in [-0.2, -0.15) is 0 Å². The van der Waals surface area contributed by atoms with Crippen molar-refractivity contribution in [2.24, 2.45) is 0 Å². The highest BCUT2D eigenvalue weighted by Crippen LogP contribution is 2.20. The molecule has 7 heteroatoms. The number of anilines is 1. The van der Waals surface area contributed by atoms with Gasteiger partial charge in [-0.3, -0.25) is 0 Å². The second-order valence-electron chi connectivity index (χ2n) is 6.90. The fourth-order valence-electron chi connectivity index (χ4n) is 2.73. The first kappa shape index (κ1) is 15.5. The molecule has 0 saturated carbocycles. The molecule has 0 radical (unpaired) electrons. The van der Waals surface area contributed by atoms with Crippen LogP contribution in [0.2, 0.25) is 0 Å². The quantitative estimate of drug-likeness (QED) is 0.792. The highest BCUT2D eigenvalue weighted by atomic mass is 16.6. The fourth-order valence-corrected chi connectivity index (χ4v) is 2.73. The number of benzene rings is 1. The minimum Gasteiger partial charge on any atom is -0.444 e. The summed E-state index contributed by atoms with van der Waals surface area (Å²) in [5.74, 6) is 0. The Kier molecular flexibility index (Phi) is 3.79. The molecule has 0 aliphatic carbocycles. The Labute approximate surface area is 134 Å². The number of imidazole rings is 1. The molecule has 1 fully saturated rings. The van der Waals surface area contributed by atoms with Crippen LogP contribution in [0.4, 0.5) is 10.5 Å². The molecule has 0 bridgehead atoms. The van der Waals surface area contributed by atoms with Crippen LogP contribution in [0, 0.1) is 0 Å². The molecule has 1 unspecified atom stereocenters. The van der Waals surface area contributed by atoms with E-state index in [0.717, 1.165) is 23.1 Å². The van der Waals surface area contributed by atoms with Gasteiger partial charge in [0.15, 0.2) is 0 Å². The van der Waals surface area contributed by atoms with Crippen molar-refractivity contribution in [1.29, 1.82) is 0 Å². The first-order chi connectivity index (χ1) is 10.8. The molecule has 3 rings (SSSR count). The Morgan fingerprint density at radius 1 is 1.30 bits per heavy atom. The highest BCUT2D eigenvalue weighted by Gasteiger charge is 2.29. The summed E-state index contributed by atoms with van der Waals surface area (Å²) >= 11 is 0. The normalized spacial score (nSPS) is 18.4. The second-order valence-corrected chi connectivity index (χ2v) is 6.90. The highest BCUT2D eigenvalue weighted by molar-refractivity contribution is 5.78. The van der Waals surface area contributed by atoms with Crippen molar-refractivity contribution >= 4 is 22.8 Å². The largest absolute Gasteiger partial charge is 0.444 e. The number of H-pyrrole nitrogens is 2. The number of aromatic amines is 2. The number of nitrogens with zero attached hydrogens (tertiary/aromatic N) is 1. The Balaban J connectivity index is 1.62. The van der Waals surface area contributed by atoms with Crippen LogP contribution in [-0.2, 0) is 4.74 Å². The van der Waals surface area contributed by atoms with E-state index in [4.69, 9.17) is 4.74 Å². The number of hydrogen-bond acceptors (Lipinski definition) is 4. The molecule has 3 N–H and O–H groups in total. The van der Waals surface area contributed by atoms with Crippen molar-refractivity contribution in [2.75, 3.05) is 18.4 Å². The number of aromatic nitrogens is 2. The lowest BCUT2D eigenvalue weighted by atomic mass is 10.2. The first-order valence-electron chi connectivity index (χ1n) is 7.77. The molecule has 2 aromatic rings. The van der Waals surface area contributed by atoms with Gasteiger partial charge in [0.2, 0.25) is 0 Å². The van der Waals surface area contributed by atoms with E-state index in [1.54, 1.807) is 4.90 Å². The summed E-state index contributed by atoms with van der Waals surface area (Å²) in [6, 6.07) is 5.84. The second kappa shape index (κ2) is 5.64. The molecule has 1 aromatic heterocycles. The Morgan fingerprint density at radius 3 is 2.78 bits per heavy atom. The summed E-state index contributed by atoms with van der Waals surface area (Å²) in [5, 5.41) is 3.40. The van der Waals surface area contributed by atoms with Crippen LogP contribution in [-0.4, -0.2) is 45.7 Å². The summed E-state index contributed by atoms with van der Waals surface area (Å²) in [7, 11) is 0. The van der Waals surface area contributed by atoms with Gasteiger partial charge in [0.05, 0.1) is 11.0 Å². The van der Waals surface area contributed by atoms with Crippen molar-refractivity contribution < 1.29 is 9.53 Å². The minimum absolute atomic E-state index is 0.172. The maximum Gasteiger partial charge on any atom is 0.410 e. The molecule has 23 heavy (non-hydrogen) atoms. The number of hydrogen-bond donors (Lipinski definition) is 3. The van der Waals surface area contributed by atoms with Gasteiger partial charge in [-0.15, -0.1) is 0 Å². The maximum absolute atomic E-state index is 12.1. The molecule has 1 saturated heterocycles. The Hall–Kier alpha value is -2.44. The third kappa shape index (κ3) is 3.67. The zero-order valence-corrected chi connectivity index (χ0v) is 13.6. The number of carbonyl (C=O) groups excluding carboxylic acids is 1. The standard InChI is InChI=1S/C16H22N4O3/c1-16(2,3)23-15(22)20-7-6-11(9-20)17-10-4-5-12-13(8-10)19-14(21)18-12/h4-5,8,11,17H,6-7,9H2,1-3H3,(H2,18,19,21). The van der Waals surface area contributed by atoms with Gasteiger partial charge in [-0.25, -0.2) is 9.59 Å². The van der Waals surface area contributed by atoms with Crippen LogP contribution in [0.15, 0.2) is 23.0 Å². The lowest BCUT2D eigenvalue weighted by Crippen LogP contribution is -2.36. The minimum atomic E-state index is -0.478. The van der Waals surface area contributed by atoms with E-state index < -0.39 is 5.60 Å². The molecular formula is C16H22N4O3. The average Bonchev–Trinajstić information content (AvgIpc) is 3.02. The third-order valence-corrected chi connectivity index (χ3v) is 3.73. The van der Waals surface area contributed by atoms with Crippen LogP contribution in [0.1, 0.15) is 27.2 Å². The summed E-state index contributed by atoms with van der Waals surface area (Å²) in [5.41, 5.74) is 1.77. The number of fused-ring (bicyclic) bond motifs is 1. The number of likely N-dealkylation sites (tertiary alicyclic amines) is 1. The van der Waals surface area contributed by atoms with E-state index in [1.807, 2.05) is 39.0 Å². The van der Waals surface area contributed by atoms with Gasteiger partial charge >= 0.3 is 11.8 Å². The van der Waals surface area contributed by atoms with Crippen LogP contribution in [0.25, 0.3) is 11.0 Å². The Bertz CT molecular complexity index is 771. The van der Waals surface area contributed by atoms with Gasteiger partial charge in [-0.1, -0.05) is 0 Å². The maximum atomic E-state index is 12.1. The molecular weight excluding hydrogens is 296 g/mol. The van der Waals surface area contributed by atoms with E-state index in [1.165, 1.54) is 0 Å². The van der Waals surface area contributed by atoms with Gasteiger partial charge in [0.25, 0.3) is 0 Å². The Morgan fingerprint density at radius 2 is 2.04 bits per heavy atom. The van der Waals surface area contributed by atoms with Crippen molar-refractivity contribution in [1.82, 2.24) is 14.9 Å². The molecule has 2 heterocycles. The number of nitrogens with one attached hydrogen (secondary N) is 3. The number of carbonyl (C=O) groups is 1. The topological polar surface area (TPSA) is 90.2 Å². The monoisotopic (exact) mass is 318 g/mol. The van der Waals surface area contributed by atoms with E-state index in [2.05, 4.69) is 15.3 Å². The smallest absolute Gasteiger partial charge is 0.410 e. The SMILES string of the molecule is CC(C)(C)OC(=O)N1CCC(Nc2ccc3[nH]c(=O)[nH]c3c2)C1. The zero-order chi connectivity index (χ0) is 16.6. The summed E-state index contributed by atoms with van der Waals surface area (Å²) in [6.07, 6.45) is 0.591. The van der Waals surface area contributed by atoms with Crippen molar-refractivity contribution in [3.8, 4) is 0 Å². The van der Waals surface area contributed by atoms with E-state index >= 15 is 0 Å². The lowest BCUT2D eigenvalue weighted by molar-refractivity contribution is 0.0293. The predicted octanol–water partition coefficient (Wildman–Crippen LogP) is 2.28. The number of rotatable bonds is 2. The van der Waals surface area contributed by atoms with Crippen LogP contribution in [0.5, 0.6) is 0 Å². The molecule has 1 atom stereocenters. The average molecular weight is 318 g/mol. The van der Waals surface area contributed by atoms with Crippen molar-refractivity contribution in [3.05, 3.63) is 28.7 Å². The summed E-state index contributed by atoms with van der Waals surface area (Å²) < 4.78 is 5.40. The van der Waals surface area contributed by atoms with Crippen LogP contribution in [0.3, 0.4) is 0 Å². The first-order valence-corrected chi connectivity index (χ1v) is 7.77. The molecule has 7 nitrogen and oxygen atoms in total. The molecule has 1 aliphatic heterocycles. The van der Waals surface area contributed by atoms with Gasteiger partial charge in [0.1, 0.15) is 5.60 Å². The summed E-state index contributed by atoms with van der Waals surface area (Å²) in [6.45, 7) is 6.88. The van der Waals surface area contributed by atoms with Crippen molar-refractivity contribution in [2.45, 2.75) is 38.8 Å².